The van der Waals surface area contributed by atoms with E-state index in [0.29, 0.717) is 0 Å². The molecule has 6 heteroatoms. The van der Waals surface area contributed by atoms with Crippen LogP contribution in [0.15, 0.2) is 0 Å². The van der Waals surface area contributed by atoms with Crippen molar-refractivity contribution in [3.05, 3.63) is 0 Å². The third kappa shape index (κ3) is 3.92. The third-order valence-electron chi connectivity index (χ3n) is 3.15. The molecular formula is C10H19F3N2O. The summed E-state index contributed by atoms with van der Waals surface area (Å²) in [5, 5.41) is 8.96. The van der Waals surface area contributed by atoms with Crippen LogP contribution in [-0.4, -0.2) is 67.0 Å². The van der Waals surface area contributed by atoms with Gasteiger partial charge in [-0.3, -0.25) is 0 Å². The van der Waals surface area contributed by atoms with Crippen LogP contribution in [0.2, 0.25) is 0 Å². The Labute approximate surface area is 93.8 Å². The van der Waals surface area contributed by atoms with Crippen molar-refractivity contribution >= 4 is 0 Å². The number of hydrogen-bond donors (Lipinski definition) is 1. The van der Waals surface area contributed by atoms with Gasteiger partial charge in [0.2, 0.25) is 0 Å². The zero-order valence-electron chi connectivity index (χ0n) is 9.67. The zero-order valence-corrected chi connectivity index (χ0v) is 9.67. The van der Waals surface area contributed by atoms with Crippen LogP contribution >= 0.6 is 0 Å². The van der Waals surface area contributed by atoms with Gasteiger partial charge in [0.1, 0.15) is 0 Å². The molecule has 0 bridgehead atoms. The smallest absolute Gasteiger partial charge is 0.382 e. The molecule has 0 aliphatic carbocycles. The Kier molecular flexibility index (Phi) is 4.58. The molecule has 1 N–H and O–H groups in total. The first-order valence-electron chi connectivity index (χ1n) is 5.44. The van der Waals surface area contributed by atoms with Crippen LogP contribution in [0.25, 0.3) is 0 Å². The molecule has 1 aliphatic rings. The quantitative estimate of drug-likeness (QED) is 0.795. The molecule has 1 fully saturated rings. The number of piperidine rings is 1. The number of aliphatic hydroxyl groups excluding tert-OH is 1. The Hall–Kier alpha value is -0.330. The van der Waals surface area contributed by atoms with Gasteiger partial charge < -0.3 is 14.9 Å². The predicted molar refractivity (Wildman–Crippen MR) is 55.2 cm³/mol. The van der Waals surface area contributed by atoms with Crippen molar-refractivity contribution in [2.45, 2.75) is 31.2 Å². The number of nitrogens with zero attached hydrogens (tertiary/aromatic N) is 2. The number of likely N-dealkylation sites (tertiary alicyclic amines) is 1. The summed E-state index contributed by atoms with van der Waals surface area (Å²) in [7, 11) is 3.64. The normalized spacial score (nSPS) is 22.7. The van der Waals surface area contributed by atoms with E-state index in [0.717, 1.165) is 25.9 Å². The van der Waals surface area contributed by atoms with Gasteiger partial charge in [0.25, 0.3) is 0 Å². The van der Waals surface area contributed by atoms with Crippen LogP contribution in [-0.2, 0) is 0 Å². The summed E-state index contributed by atoms with van der Waals surface area (Å²) in [5.74, 6) is 0. The molecule has 1 aliphatic heterocycles. The number of halogens is 3. The molecule has 0 aromatic rings. The number of likely N-dealkylation sites (N-methyl/N-ethyl adjacent to an activating group) is 1. The third-order valence-corrected chi connectivity index (χ3v) is 3.15. The minimum Gasteiger partial charge on any atom is -0.382 e. The second-order valence-corrected chi connectivity index (χ2v) is 4.53. The molecule has 0 aromatic carbocycles. The van der Waals surface area contributed by atoms with Crippen molar-refractivity contribution in [2.24, 2.45) is 0 Å². The van der Waals surface area contributed by atoms with Crippen molar-refractivity contribution in [1.29, 1.82) is 0 Å². The van der Waals surface area contributed by atoms with Crippen molar-refractivity contribution in [2.75, 3.05) is 33.7 Å². The van der Waals surface area contributed by atoms with Crippen LogP contribution in [0.5, 0.6) is 0 Å². The SMILES string of the molecule is CN1CCC(N(C)CC(O)C(F)(F)F)CC1. The Balaban J connectivity index is 2.37. The van der Waals surface area contributed by atoms with Crippen molar-refractivity contribution in [3.8, 4) is 0 Å². The largest absolute Gasteiger partial charge is 0.415 e. The standard InChI is InChI=1S/C10H19F3N2O/c1-14-5-3-8(4-6-14)15(2)7-9(16)10(11,12)13/h8-9,16H,3-7H2,1-2H3. The maximum Gasteiger partial charge on any atom is 0.415 e. The summed E-state index contributed by atoms with van der Waals surface area (Å²) in [6.07, 6.45) is -5.04. The van der Waals surface area contributed by atoms with Crippen molar-refractivity contribution in [1.82, 2.24) is 9.80 Å². The van der Waals surface area contributed by atoms with Crippen LogP contribution in [0.1, 0.15) is 12.8 Å². The van der Waals surface area contributed by atoms with Gasteiger partial charge in [0.05, 0.1) is 0 Å². The lowest BCUT2D eigenvalue weighted by molar-refractivity contribution is -0.208. The van der Waals surface area contributed by atoms with E-state index in [2.05, 4.69) is 4.90 Å². The van der Waals surface area contributed by atoms with Gasteiger partial charge >= 0.3 is 6.18 Å². The summed E-state index contributed by atoms with van der Waals surface area (Å²) < 4.78 is 36.5. The molecule has 3 nitrogen and oxygen atoms in total. The lowest BCUT2D eigenvalue weighted by Gasteiger charge is -2.36. The summed E-state index contributed by atoms with van der Waals surface area (Å²) in [6, 6.07) is 0.146. The second-order valence-electron chi connectivity index (χ2n) is 4.53. The fourth-order valence-electron chi connectivity index (χ4n) is 1.96. The summed E-state index contributed by atoms with van der Waals surface area (Å²) in [6.45, 7) is 1.46. The average molecular weight is 240 g/mol. The molecule has 1 heterocycles. The molecule has 1 rings (SSSR count). The maximum absolute atomic E-state index is 12.2. The molecule has 0 radical (unpaired) electrons. The first-order valence-corrected chi connectivity index (χ1v) is 5.44. The fourth-order valence-corrected chi connectivity index (χ4v) is 1.96. The van der Waals surface area contributed by atoms with Crippen molar-refractivity contribution in [3.63, 3.8) is 0 Å². The number of aliphatic hydroxyl groups is 1. The van der Waals surface area contributed by atoms with Crippen LogP contribution < -0.4 is 0 Å². The Morgan fingerprint density at radius 3 is 2.31 bits per heavy atom. The monoisotopic (exact) mass is 240 g/mol. The van der Waals surface area contributed by atoms with Gasteiger partial charge in [-0.15, -0.1) is 0 Å². The molecule has 1 atom stereocenters. The molecule has 0 amide bonds. The Morgan fingerprint density at radius 2 is 1.88 bits per heavy atom. The van der Waals surface area contributed by atoms with Gasteiger partial charge in [-0.25, -0.2) is 0 Å². The maximum atomic E-state index is 12.2. The van der Waals surface area contributed by atoms with Crippen LogP contribution in [0.4, 0.5) is 13.2 Å². The van der Waals surface area contributed by atoms with Gasteiger partial charge in [-0.2, -0.15) is 13.2 Å². The minimum absolute atomic E-state index is 0.146. The molecular weight excluding hydrogens is 221 g/mol. The molecule has 96 valence electrons. The van der Waals surface area contributed by atoms with Crippen molar-refractivity contribution < 1.29 is 18.3 Å². The van der Waals surface area contributed by atoms with E-state index < -0.39 is 12.3 Å². The summed E-state index contributed by atoms with van der Waals surface area (Å²) in [5.41, 5.74) is 0. The Morgan fingerprint density at radius 1 is 1.38 bits per heavy atom. The number of alkyl halides is 3. The van der Waals surface area contributed by atoms with E-state index in [9.17, 15) is 13.2 Å². The zero-order chi connectivity index (χ0) is 12.3. The molecule has 1 unspecified atom stereocenters. The second kappa shape index (κ2) is 5.33. The lowest BCUT2D eigenvalue weighted by Crippen LogP contribution is -2.47. The van der Waals surface area contributed by atoms with Crippen LogP contribution in [0, 0.1) is 0 Å². The summed E-state index contributed by atoms with van der Waals surface area (Å²) in [4.78, 5) is 3.77. The highest BCUT2D eigenvalue weighted by molar-refractivity contribution is 4.79. The molecule has 0 saturated carbocycles. The highest BCUT2D eigenvalue weighted by atomic mass is 19.4. The fraction of sp³-hybridized carbons (Fsp3) is 1.00. The van der Waals surface area contributed by atoms with E-state index in [1.165, 1.54) is 0 Å². The van der Waals surface area contributed by atoms with E-state index in [1.807, 2.05) is 7.05 Å². The highest BCUT2D eigenvalue weighted by Gasteiger charge is 2.39. The minimum atomic E-state index is -4.51. The molecule has 0 spiro atoms. The van der Waals surface area contributed by atoms with Gasteiger partial charge in [-0.1, -0.05) is 0 Å². The first-order chi connectivity index (χ1) is 7.30. The Bertz CT molecular complexity index is 215. The summed E-state index contributed by atoms with van der Waals surface area (Å²) >= 11 is 0. The van der Waals surface area contributed by atoms with E-state index in [4.69, 9.17) is 5.11 Å². The van der Waals surface area contributed by atoms with E-state index >= 15 is 0 Å². The van der Waals surface area contributed by atoms with E-state index in [-0.39, 0.29) is 12.6 Å². The van der Waals surface area contributed by atoms with Crippen LogP contribution in [0.3, 0.4) is 0 Å². The molecule has 1 saturated heterocycles. The van der Waals surface area contributed by atoms with Gasteiger partial charge in [0.15, 0.2) is 6.10 Å². The van der Waals surface area contributed by atoms with Gasteiger partial charge in [0, 0.05) is 12.6 Å². The average Bonchev–Trinajstić information content (AvgIpc) is 2.17. The highest BCUT2D eigenvalue weighted by Crippen LogP contribution is 2.22. The predicted octanol–water partition coefficient (Wildman–Crippen LogP) is 0.936. The molecule has 0 aromatic heterocycles. The first kappa shape index (κ1) is 13.7. The topological polar surface area (TPSA) is 26.7 Å². The number of rotatable bonds is 3. The molecule has 16 heavy (non-hydrogen) atoms. The van der Waals surface area contributed by atoms with E-state index in [1.54, 1.807) is 11.9 Å². The lowest BCUT2D eigenvalue weighted by atomic mass is 10.0. The number of hydrogen-bond acceptors (Lipinski definition) is 3. The van der Waals surface area contributed by atoms with Gasteiger partial charge in [-0.05, 0) is 40.0 Å².